The van der Waals surface area contributed by atoms with E-state index in [0.29, 0.717) is 25.9 Å². The largest absolute Gasteiger partial charge is 0.396 e. The Hall–Kier alpha value is -2.10. The predicted octanol–water partition coefficient (Wildman–Crippen LogP) is 3.31. The molecule has 7 nitrogen and oxygen atoms in total. The summed E-state index contributed by atoms with van der Waals surface area (Å²) < 4.78 is -0.728. The number of amides is 3. The van der Waals surface area contributed by atoms with Crippen LogP contribution < -0.4 is 4.90 Å². The summed E-state index contributed by atoms with van der Waals surface area (Å²) in [6.45, 7) is 12.5. The van der Waals surface area contributed by atoms with Gasteiger partial charge in [-0.1, -0.05) is 46.3 Å². The smallest absolute Gasteiger partial charge is 0.251 e. The van der Waals surface area contributed by atoms with Crippen molar-refractivity contribution in [1.29, 1.82) is 0 Å². The van der Waals surface area contributed by atoms with Crippen molar-refractivity contribution in [1.82, 2.24) is 9.80 Å². The van der Waals surface area contributed by atoms with Gasteiger partial charge in [0.15, 0.2) is 0 Å². The number of aliphatic hydroxyl groups excluding tert-OH is 1. The third-order valence-corrected chi connectivity index (χ3v) is 11.2. The average Bonchev–Trinajstić information content (AvgIpc) is 3.44. The Labute approximate surface area is 232 Å². The Morgan fingerprint density at radius 2 is 1.86 bits per heavy atom. The molecule has 3 fully saturated rings. The zero-order valence-electron chi connectivity index (χ0n) is 21.7. The summed E-state index contributed by atoms with van der Waals surface area (Å²) in [4.78, 5) is 47.3. The van der Waals surface area contributed by atoms with Crippen LogP contribution in [0.1, 0.15) is 24.0 Å². The number of alkyl halides is 1. The number of nitrogens with zero attached hydrogens (tertiary/aromatic N) is 3. The third kappa shape index (κ3) is 4.46. The van der Waals surface area contributed by atoms with Crippen LogP contribution in [0.15, 0.2) is 43.5 Å². The number of aliphatic hydroxyl groups is 1. The van der Waals surface area contributed by atoms with E-state index in [9.17, 15) is 19.5 Å². The summed E-state index contributed by atoms with van der Waals surface area (Å²) in [6, 6.07) is 5.18. The first-order valence-electron chi connectivity index (χ1n) is 12.7. The molecule has 1 aromatic carbocycles. The summed E-state index contributed by atoms with van der Waals surface area (Å²) in [5.41, 5.74) is 2.76. The first-order chi connectivity index (χ1) is 17.6. The third-order valence-electron chi connectivity index (χ3n) is 7.93. The number of hydrogen-bond acceptors (Lipinski definition) is 5. The van der Waals surface area contributed by atoms with E-state index in [1.54, 1.807) is 45.7 Å². The molecule has 6 atom stereocenters. The predicted molar refractivity (Wildman–Crippen MR) is 152 cm³/mol. The monoisotopic (exact) mass is 589 g/mol. The minimum atomic E-state index is -0.743. The number of likely N-dealkylation sites (N-methyl/N-ethyl adjacent to an activating group) is 1. The van der Waals surface area contributed by atoms with Crippen LogP contribution in [0.3, 0.4) is 0 Å². The fourth-order valence-electron chi connectivity index (χ4n) is 6.51. The van der Waals surface area contributed by atoms with Crippen molar-refractivity contribution in [3.8, 4) is 0 Å². The normalized spacial score (nSPS) is 29.8. The molecule has 0 saturated carbocycles. The number of carbonyl (C=O) groups excluding carboxylic acids is 3. The second kappa shape index (κ2) is 10.9. The number of likely N-dealkylation sites (tertiary alicyclic amines) is 1. The Kier molecular flexibility index (Phi) is 8.26. The van der Waals surface area contributed by atoms with Gasteiger partial charge in [0.1, 0.15) is 6.04 Å². The maximum absolute atomic E-state index is 14.6. The first kappa shape index (κ1) is 27.9. The van der Waals surface area contributed by atoms with E-state index in [-0.39, 0.29) is 41.0 Å². The van der Waals surface area contributed by atoms with E-state index in [0.717, 1.165) is 16.8 Å². The molecule has 3 amide bonds. The van der Waals surface area contributed by atoms with Crippen molar-refractivity contribution in [2.75, 3.05) is 38.2 Å². The van der Waals surface area contributed by atoms with E-state index >= 15 is 0 Å². The molecule has 2 bridgehead atoms. The van der Waals surface area contributed by atoms with Crippen LogP contribution in [0.25, 0.3) is 0 Å². The quantitative estimate of drug-likeness (QED) is 0.334. The van der Waals surface area contributed by atoms with Gasteiger partial charge < -0.3 is 19.8 Å². The Bertz CT molecular complexity index is 1090. The van der Waals surface area contributed by atoms with E-state index < -0.39 is 22.6 Å². The van der Waals surface area contributed by atoms with Gasteiger partial charge in [-0.3, -0.25) is 14.4 Å². The first-order valence-corrected chi connectivity index (χ1v) is 14.5. The van der Waals surface area contributed by atoms with Gasteiger partial charge in [-0.25, -0.2) is 0 Å². The highest BCUT2D eigenvalue weighted by Crippen LogP contribution is 2.68. The van der Waals surface area contributed by atoms with Gasteiger partial charge >= 0.3 is 0 Å². The molecule has 3 aliphatic rings. The van der Waals surface area contributed by atoms with Crippen molar-refractivity contribution >= 4 is 51.1 Å². The summed E-state index contributed by atoms with van der Waals surface area (Å²) in [5, 5.41) is 9.50. The van der Waals surface area contributed by atoms with Gasteiger partial charge in [0.25, 0.3) is 5.91 Å². The molecule has 3 aliphatic heterocycles. The average molecular weight is 591 g/mol. The van der Waals surface area contributed by atoms with Gasteiger partial charge in [0, 0.05) is 49.1 Å². The highest BCUT2D eigenvalue weighted by molar-refractivity contribution is 9.09. The van der Waals surface area contributed by atoms with E-state index in [1.807, 2.05) is 32.0 Å². The Morgan fingerprint density at radius 1 is 1.22 bits per heavy atom. The van der Waals surface area contributed by atoms with Crippen molar-refractivity contribution in [3.63, 3.8) is 0 Å². The lowest BCUT2D eigenvalue weighted by Crippen LogP contribution is -2.56. The molecule has 37 heavy (non-hydrogen) atoms. The van der Waals surface area contributed by atoms with Crippen LogP contribution >= 0.6 is 27.7 Å². The molecule has 3 unspecified atom stereocenters. The van der Waals surface area contributed by atoms with E-state index in [2.05, 4.69) is 29.1 Å². The molecule has 0 aromatic heterocycles. The zero-order valence-corrected chi connectivity index (χ0v) is 24.1. The summed E-state index contributed by atoms with van der Waals surface area (Å²) >= 11 is 5.43. The number of hydrogen-bond donors (Lipinski definition) is 1. The molecular weight excluding hydrogens is 554 g/mol. The minimum absolute atomic E-state index is 0.00812. The van der Waals surface area contributed by atoms with Crippen LogP contribution in [0, 0.1) is 25.7 Å². The molecule has 3 saturated heterocycles. The number of para-hydroxylation sites is 1. The molecule has 1 spiro atoms. The molecule has 9 heteroatoms. The number of carbonyl (C=O) groups is 3. The standard InChI is InChI=1S/C28H36BrN3O4S/c1-6-12-30(5)25(34)20-21-26(35)32(14-9-15-33)24(28(21)16-19(29)23(20)37-28)27(36)31(13-7-2)22-17(3)10-8-11-18(22)4/h6-8,10-11,19-21,23-24,33H,1-2,9,12-16H2,3-5H3/t19?,20-,21-,23-,24?,28?/m0/s1. The van der Waals surface area contributed by atoms with Gasteiger partial charge in [0.2, 0.25) is 11.8 Å². The Balaban J connectivity index is 1.82. The molecule has 0 radical (unpaired) electrons. The summed E-state index contributed by atoms with van der Waals surface area (Å²) in [5.74, 6) is -1.52. The zero-order chi connectivity index (χ0) is 27.1. The maximum atomic E-state index is 14.6. The van der Waals surface area contributed by atoms with Crippen molar-refractivity contribution < 1.29 is 19.5 Å². The van der Waals surface area contributed by atoms with Gasteiger partial charge in [-0.15, -0.1) is 24.9 Å². The topological polar surface area (TPSA) is 81.2 Å². The molecule has 1 N–H and O–H groups in total. The molecule has 200 valence electrons. The van der Waals surface area contributed by atoms with Crippen molar-refractivity contribution in [3.05, 3.63) is 54.6 Å². The highest BCUT2D eigenvalue weighted by Gasteiger charge is 2.76. The van der Waals surface area contributed by atoms with Gasteiger partial charge in [-0.2, -0.15) is 0 Å². The van der Waals surface area contributed by atoms with Crippen LogP contribution in [0.5, 0.6) is 0 Å². The SMILES string of the molecule is C=CCN(C)C(=O)[C@H]1[C@H]2C(=O)N(CCCO)C(C(=O)N(CC=C)c3c(C)cccc3C)C23CC(Br)[C@@H]1S3. The number of rotatable bonds is 10. The van der Waals surface area contributed by atoms with Crippen molar-refractivity contribution in [2.45, 2.75) is 47.6 Å². The molecular formula is C28H36BrN3O4S. The van der Waals surface area contributed by atoms with Crippen molar-refractivity contribution in [2.24, 2.45) is 11.8 Å². The number of halogens is 1. The number of thioether (sulfide) groups is 1. The minimum Gasteiger partial charge on any atom is -0.396 e. The van der Waals surface area contributed by atoms with Gasteiger partial charge in [0.05, 0.1) is 16.6 Å². The van der Waals surface area contributed by atoms with Crippen LogP contribution in [-0.2, 0) is 14.4 Å². The van der Waals surface area contributed by atoms with Gasteiger partial charge in [-0.05, 0) is 37.8 Å². The number of anilines is 1. The number of benzene rings is 1. The lowest BCUT2D eigenvalue weighted by Gasteiger charge is -2.38. The Morgan fingerprint density at radius 3 is 2.46 bits per heavy atom. The maximum Gasteiger partial charge on any atom is 0.251 e. The highest BCUT2D eigenvalue weighted by atomic mass is 79.9. The van der Waals surface area contributed by atoms with E-state index in [1.165, 1.54) is 0 Å². The fraction of sp³-hybridized carbons (Fsp3) is 0.536. The lowest BCUT2D eigenvalue weighted by molar-refractivity contribution is -0.143. The number of fused-ring (bicyclic) bond motifs is 1. The fourth-order valence-corrected chi connectivity index (χ4v) is 10.1. The molecule has 4 rings (SSSR count). The second-order valence-corrected chi connectivity index (χ2v) is 13.0. The van der Waals surface area contributed by atoms with Crippen LogP contribution in [0.2, 0.25) is 0 Å². The number of aryl methyl sites for hydroxylation is 2. The second-order valence-electron chi connectivity index (χ2n) is 10.3. The van der Waals surface area contributed by atoms with Crippen LogP contribution in [0.4, 0.5) is 5.69 Å². The van der Waals surface area contributed by atoms with E-state index in [4.69, 9.17) is 0 Å². The van der Waals surface area contributed by atoms with Crippen LogP contribution in [-0.4, -0.2) is 86.8 Å². The summed E-state index contributed by atoms with van der Waals surface area (Å²) in [7, 11) is 1.73. The molecule has 0 aliphatic carbocycles. The molecule has 3 heterocycles. The summed E-state index contributed by atoms with van der Waals surface area (Å²) in [6.07, 6.45) is 4.36. The lowest BCUT2D eigenvalue weighted by atomic mass is 9.70. The molecule has 1 aromatic rings.